The summed E-state index contributed by atoms with van der Waals surface area (Å²) in [6.07, 6.45) is 3.59. The zero-order valence-corrected chi connectivity index (χ0v) is 12.2. The standard InChI is InChI=1S/C14H18N4O3/c1-10-3-13(21-16-10)14(19)17-5-11(8-20-2)6-18-9-15-4-12(18)7-17/h3-4,9,11H,5-8H2,1-2H3/t11-/m0/s1. The molecule has 0 radical (unpaired) electrons. The van der Waals surface area contributed by atoms with E-state index in [1.54, 1.807) is 37.5 Å². The van der Waals surface area contributed by atoms with Gasteiger partial charge >= 0.3 is 0 Å². The van der Waals surface area contributed by atoms with Crippen molar-refractivity contribution in [3.05, 3.63) is 35.7 Å². The van der Waals surface area contributed by atoms with Gasteiger partial charge in [0.05, 0.1) is 30.9 Å². The summed E-state index contributed by atoms with van der Waals surface area (Å²) >= 11 is 0. The van der Waals surface area contributed by atoms with Gasteiger partial charge in [0.15, 0.2) is 0 Å². The molecule has 7 nitrogen and oxygen atoms in total. The van der Waals surface area contributed by atoms with Crippen LogP contribution in [0.25, 0.3) is 0 Å². The Morgan fingerprint density at radius 2 is 2.38 bits per heavy atom. The smallest absolute Gasteiger partial charge is 0.292 e. The monoisotopic (exact) mass is 290 g/mol. The Bertz CT molecular complexity index is 634. The number of carbonyl (C=O) groups excluding carboxylic acids is 1. The number of ether oxygens (including phenoxy) is 1. The molecule has 3 rings (SSSR count). The van der Waals surface area contributed by atoms with Crippen molar-refractivity contribution < 1.29 is 14.1 Å². The van der Waals surface area contributed by atoms with E-state index >= 15 is 0 Å². The van der Waals surface area contributed by atoms with Crippen LogP contribution in [0.15, 0.2) is 23.1 Å². The first-order chi connectivity index (χ1) is 10.2. The van der Waals surface area contributed by atoms with Crippen LogP contribution in [0.3, 0.4) is 0 Å². The maximum Gasteiger partial charge on any atom is 0.292 e. The van der Waals surface area contributed by atoms with Crippen LogP contribution < -0.4 is 0 Å². The molecule has 3 heterocycles. The van der Waals surface area contributed by atoms with Gasteiger partial charge in [-0.05, 0) is 6.92 Å². The number of hydrogen-bond acceptors (Lipinski definition) is 5. The van der Waals surface area contributed by atoms with Crippen molar-refractivity contribution in [1.82, 2.24) is 19.6 Å². The van der Waals surface area contributed by atoms with Gasteiger partial charge in [-0.1, -0.05) is 5.16 Å². The molecule has 1 amide bonds. The molecule has 0 fully saturated rings. The van der Waals surface area contributed by atoms with Gasteiger partial charge in [-0.25, -0.2) is 4.98 Å². The van der Waals surface area contributed by atoms with Gasteiger partial charge in [0, 0.05) is 38.4 Å². The Morgan fingerprint density at radius 1 is 1.52 bits per heavy atom. The Hall–Kier alpha value is -2.15. The lowest BCUT2D eigenvalue weighted by atomic mass is 10.1. The van der Waals surface area contributed by atoms with E-state index in [0.29, 0.717) is 25.4 Å². The van der Waals surface area contributed by atoms with E-state index in [9.17, 15) is 4.79 Å². The van der Waals surface area contributed by atoms with Crippen molar-refractivity contribution >= 4 is 5.91 Å². The van der Waals surface area contributed by atoms with Gasteiger partial charge in [-0.2, -0.15) is 0 Å². The van der Waals surface area contributed by atoms with Crippen LogP contribution >= 0.6 is 0 Å². The second kappa shape index (κ2) is 5.69. The number of nitrogens with zero attached hydrogens (tertiary/aromatic N) is 4. The predicted molar refractivity (Wildman–Crippen MR) is 73.6 cm³/mol. The molecule has 0 N–H and O–H groups in total. The summed E-state index contributed by atoms with van der Waals surface area (Å²) in [5.74, 6) is 0.349. The number of rotatable bonds is 3. The van der Waals surface area contributed by atoms with Gasteiger partial charge in [-0.3, -0.25) is 4.79 Å². The summed E-state index contributed by atoms with van der Waals surface area (Å²) in [4.78, 5) is 18.5. The largest absolute Gasteiger partial charge is 0.384 e. The Balaban J connectivity index is 1.85. The molecule has 1 atom stereocenters. The Morgan fingerprint density at radius 3 is 3.10 bits per heavy atom. The minimum absolute atomic E-state index is 0.147. The fourth-order valence-corrected chi connectivity index (χ4v) is 2.67. The van der Waals surface area contributed by atoms with Gasteiger partial charge in [0.25, 0.3) is 5.91 Å². The number of carbonyl (C=O) groups is 1. The average molecular weight is 290 g/mol. The molecular weight excluding hydrogens is 272 g/mol. The summed E-state index contributed by atoms with van der Waals surface area (Å²) in [5.41, 5.74) is 1.71. The maximum atomic E-state index is 12.6. The van der Waals surface area contributed by atoms with Crippen LogP contribution in [0.4, 0.5) is 0 Å². The van der Waals surface area contributed by atoms with Crippen molar-refractivity contribution in [2.45, 2.75) is 20.0 Å². The molecule has 21 heavy (non-hydrogen) atoms. The highest BCUT2D eigenvalue weighted by molar-refractivity contribution is 5.91. The van der Waals surface area contributed by atoms with Gasteiger partial charge < -0.3 is 18.7 Å². The van der Waals surface area contributed by atoms with E-state index in [1.807, 2.05) is 0 Å². The van der Waals surface area contributed by atoms with Gasteiger partial charge in [0.2, 0.25) is 5.76 Å². The van der Waals surface area contributed by atoms with E-state index in [-0.39, 0.29) is 17.6 Å². The predicted octanol–water partition coefficient (Wildman–Crippen LogP) is 1.10. The zero-order valence-electron chi connectivity index (χ0n) is 12.2. The number of methoxy groups -OCH3 is 1. The lowest BCUT2D eigenvalue weighted by molar-refractivity contribution is 0.0628. The summed E-state index contributed by atoms with van der Waals surface area (Å²) in [6, 6.07) is 1.66. The van der Waals surface area contributed by atoms with Crippen LogP contribution in [0.2, 0.25) is 0 Å². The summed E-state index contributed by atoms with van der Waals surface area (Å²) in [6.45, 7) is 4.32. The summed E-state index contributed by atoms with van der Waals surface area (Å²) in [7, 11) is 1.67. The number of amides is 1. The van der Waals surface area contributed by atoms with Crippen molar-refractivity contribution in [3.63, 3.8) is 0 Å². The molecule has 0 aliphatic carbocycles. The summed E-state index contributed by atoms with van der Waals surface area (Å²) in [5, 5.41) is 3.78. The normalized spacial score (nSPS) is 18.4. The molecule has 0 saturated heterocycles. The second-order valence-corrected chi connectivity index (χ2v) is 5.38. The number of hydrogen-bond donors (Lipinski definition) is 0. The highest BCUT2D eigenvalue weighted by Crippen LogP contribution is 2.19. The second-order valence-electron chi connectivity index (χ2n) is 5.38. The van der Waals surface area contributed by atoms with Crippen molar-refractivity contribution in [3.8, 4) is 0 Å². The Labute approximate surface area is 122 Å². The molecular formula is C14H18N4O3. The molecule has 1 aliphatic heterocycles. The molecule has 0 spiro atoms. The molecule has 0 unspecified atom stereocenters. The third-order valence-corrected chi connectivity index (χ3v) is 3.61. The van der Waals surface area contributed by atoms with Crippen molar-refractivity contribution in [2.24, 2.45) is 5.92 Å². The molecule has 0 saturated carbocycles. The maximum absolute atomic E-state index is 12.6. The summed E-state index contributed by atoms with van der Waals surface area (Å²) < 4.78 is 12.4. The van der Waals surface area contributed by atoms with E-state index in [4.69, 9.17) is 9.26 Å². The molecule has 2 aromatic rings. The minimum Gasteiger partial charge on any atom is -0.384 e. The third kappa shape index (κ3) is 2.82. The van der Waals surface area contributed by atoms with E-state index in [0.717, 1.165) is 12.2 Å². The van der Waals surface area contributed by atoms with Crippen molar-refractivity contribution in [2.75, 3.05) is 20.3 Å². The molecule has 112 valence electrons. The van der Waals surface area contributed by atoms with Gasteiger partial charge in [-0.15, -0.1) is 0 Å². The van der Waals surface area contributed by atoms with Crippen molar-refractivity contribution in [1.29, 1.82) is 0 Å². The lowest BCUT2D eigenvalue weighted by Crippen LogP contribution is -2.35. The fourth-order valence-electron chi connectivity index (χ4n) is 2.67. The number of imidazole rings is 1. The minimum atomic E-state index is -0.147. The number of aryl methyl sites for hydroxylation is 1. The highest BCUT2D eigenvalue weighted by atomic mass is 16.5. The first-order valence-electron chi connectivity index (χ1n) is 6.88. The highest BCUT2D eigenvalue weighted by Gasteiger charge is 2.27. The van der Waals surface area contributed by atoms with E-state index in [2.05, 4.69) is 14.7 Å². The van der Waals surface area contributed by atoms with Crippen LogP contribution in [-0.2, 0) is 17.8 Å². The molecule has 2 aromatic heterocycles. The van der Waals surface area contributed by atoms with Crippen LogP contribution in [-0.4, -0.2) is 45.8 Å². The molecule has 0 aromatic carbocycles. The third-order valence-electron chi connectivity index (χ3n) is 3.61. The van der Waals surface area contributed by atoms with Crippen LogP contribution in [0, 0.1) is 12.8 Å². The molecule has 0 bridgehead atoms. The fraction of sp³-hybridized carbons (Fsp3) is 0.500. The number of fused-ring (bicyclic) bond motifs is 1. The topological polar surface area (TPSA) is 73.4 Å². The van der Waals surface area contributed by atoms with E-state index in [1.165, 1.54) is 0 Å². The first kappa shape index (κ1) is 13.8. The molecule has 7 heteroatoms. The quantitative estimate of drug-likeness (QED) is 0.846. The molecule has 1 aliphatic rings. The zero-order chi connectivity index (χ0) is 14.8. The van der Waals surface area contributed by atoms with E-state index < -0.39 is 0 Å². The van der Waals surface area contributed by atoms with Crippen LogP contribution in [0.1, 0.15) is 21.9 Å². The first-order valence-corrected chi connectivity index (χ1v) is 6.88. The SMILES string of the molecule is COC[C@H]1CN(C(=O)c2cc(C)no2)Cc2cncn2C1. The average Bonchev–Trinajstić information content (AvgIpc) is 3.04. The van der Waals surface area contributed by atoms with Gasteiger partial charge in [0.1, 0.15) is 0 Å². The lowest BCUT2D eigenvalue weighted by Gasteiger charge is -2.22. The van der Waals surface area contributed by atoms with Crippen LogP contribution in [0.5, 0.6) is 0 Å². The Kier molecular flexibility index (Phi) is 3.74. The number of aromatic nitrogens is 3.